The molecule has 26 heavy (non-hydrogen) atoms. The summed E-state index contributed by atoms with van der Waals surface area (Å²) >= 11 is 7.87. The summed E-state index contributed by atoms with van der Waals surface area (Å²) in [6.07, 6.45) is 4.68. The van der Waals surface area contributed by atoms with Crippen LogP contribution in [0.5, 0.6) is 0 Å². The number of nitrogens with zero attached hydrogens (tertiary/aromatic N) is 1. The number of likely N-dealkylation sites (N-methyl/N-ethyl adjacent to an activating group) is 1. The van der Waals surface area contributed by atoms with Crippen LogP contribution in [0.3, 0.4) is 0 Å². The van der Waals surface area contributed by atoms with Gasteiger partial charge in [-0.3, -0.25) is 4.79 Å². The van der Waals surface area contributed by atoms with Gasteiger partial charge < -0.3 is 15.1 Å². The fourth-order valence-corrected chi connectivity index (χ4v) is 5.12. The first-order valence-electron chi connectivity index (χ1n) is 9.39. The summed E-state index contributed by atoms with van der Waals surface area (Å²) in [5.41, 5.74) is 3.24. The molecule has 0 bridgehead atoms. The van der Waals surface area contributed by atoms with E-state index in [0.29, 0.717) is 5.02 Å². The van der Waals surface area contributed by atoms with Crippen molar-refractivity contribution in [2.75, 3.05) is 43.4 Å². The lowest BCUT2D eigenvalue weighted by molar-refractivity contribution is -0.880. The maximum absolute atomic E-state index is 12.9. The van der Waals surface area contributed by atoms with Crippen LogP contribution in [0, 0.1) is 0 Å². The van der Waals surface area contributed by atoms with Crippen LogP contribution in [-0.4, -0.2) is 39.1 Å². The summed E-state index contributed by atoms with van der Waals surface area (Å²) in [4.78, 5) is 19.0. The number of halogens is 1. The van der Waals surface area contributed by atoms with E-state index in [9.17, 15) is 4.79 Å². The lowest BCUT2D eigenvalue weighted by atomic mass is 9.99. The van der Waals surface area contributed by atoms with Gasteiger partial charge in [-0.1, -0.05) is 11.6 Å². The third-order valence-electron chi connectivity index (χ3n) is 5.38. The molecule has 138 valence electrons. The lowest BCUT2D eigenvalue weighted by Gasteiger charge is -2.33. The molecule has 1 amide bonds. The molecule has 2 heterocycles. The molecule has 2 N–H and O–H groups in total. The molecule has 1 saturated heterocycles. The van der Waals surface area contributed by atoms with E-state index in [1.807, 2.05) is 18.2 Å². The highest BCUT2D eigenvalue weighted by atomic mass is 35.5. The molecule has 4 rings (SSSR count). The first-order valence-corrected chi connectivity index (χ1v) is 10.6. The van der Waals surface area contributed by atoms with E-state index >= 15 is 0 Å². The van der Waals surface area contributed by atoms with E-state index in [-0.39, 0.29) is 5.91 Å². The van der Waals surface area contributed by atoms with Crippen molar-refractivity contribution >= 4 is 40.2 Å². The number of carbonyl (C=O) groups is 1. The summed E-state index contributed by atoms with van der Waals surface area (Å²) in [6.45, 7) is 4.19. The molecule has 0 unspecified atom stereocenters. The van der Waals surface area contributed by atoms with Crippen LogP contribution in [0.2, 0.25) is 5.02 Å². The summed E-state index contributed by atoms with van der Waals surface area (Å²) in [6, 6.07) is 7.88. The number of hydrogen-bond donors (Lipinski definition) is 2. The molecule has 4 nitrogen and oxygen atoms in total. The molecule has 1 aromatic carbocycles. The van der Waals surface area contributed by atoms with Gasteiger partial charge in [-0.15, -0.1) is 11.3 Å². The van der Waals surface area contributed by atoms with Crippen LogP contribution in [0.4, 0.5) is 11.4 Å². The van der Waals surface area contributed by atoms with Gasteiger partial charge in [-0.2, -0.15) is 0 Å². The molecule has 0 saturated carbocycles. The normalized spacial score (nSPS) is 17.8. The number of benzene rings is 1. The first kappa shape index (κ1) is 17.8. The number of hydrogen-bond acceptors (Lipinski definition) is 3. The van der Waals surface area contributed by atoms with Crippen molar-refractivity contribution in [1.29, 1.82) is 0 Å². The molecule has 0 atom stereocenters. The Balaban J connectivity index is 1.56. The van der Waals surface area contributed by atoms with Gasteiger partial charge in [0.25, 0.3) is 5.91 Å². The van der Waals surface area contributed by atoms with E-state index in [0.717, 1.165) is 55.3 Å². The number of thiophene rings is 1. The number of anilines is 2. The van der Waals surface area contributed by atoms with E-state index in [4.69, 9.17) is 11.6 Å². The van der Waals surface area contributed by atoms with Crippen LogP contribution in [0.15, 0.2) is 24.3 Å². The maximum Gasteiger partial charge on any atom is 0.265 e. The summed E-state index contributed by atoms with van der Waals surface area (Å²) in [7, 11) is 2.22. The van der Waals surface area contributed by atoms with Crippen molar-refractivity contribution < 1.29 is 9.69 Å². The number of quaternary nitrogens is 1. The topological polar surface area (TPSA) is 36.8 Å². The number of nitrogens with one attached hydrogen (secondary N) is 2. The Morgan fingerprint density at radius 3 is 2.73 bits per heavy atom. The zero-order valence-electron chi connectivity index (χ0n) is 15.1. The molecule has 2 aliphatic rings. The van der Waals surface area contributed by atoms with Crippen molar-refractivity contribution in [3.8, 4) is 0 Å². The Labute approximate surface area is 163 Å². The molecular weight excluding hydrogens is 366 g/mol. The highest BCUT2D eigenvalue weighted by Crippen LogP contribution is 2.33. The quantitative estimate of drug-likeness (QED) is 0.845. The molecule has 1 aliphatic heterocycles. The number of carbonyl (C=O) groups excluding carboxylic acids is 1. The molecule has 1 fully saturated rings. The highest BCUT2D eigenvalue weighted by molar-refractivity contribution is 7.14. The average molecular weight is 391 g/mol. The van der Waals surface area contributed by atoms with Crippen LogP contribution in [0.1, 0.15) is 33.0 Å². The Bertz CT molecular complexity index is 788. The second-order valence-electron chi connectivity index (χ2n) is 7.33. The van der Waals surface area contributed by atoms with Crippen LogP contribution in [-0.2, 0) is 12.8 Å². The van der Waals surface area contributed by atoms with Gasteiger partial charge in [0.2, 0.25) is 0 Å². The fourth-order valence-electron chi connectivity index (χ4n) is 3.80. The molecular formula is C20H25ClN3OS+. The SMILES string of the molecule is C[NH+]1CCN(c2ccc(Cl)cc2NC(=O)c2cc3c(s2)CCCC3)CC1. The number of rotatable bonds is 3. The lowest BCUT2D eigenvalue weighted by Crippen LogP contribution is -3.12. The Morgan fingerprint density at radius 1 is 1.19 bits per heavy atom. The van der Waals surface area contributed by atoms with Gasteiger partial charge in [-0.05, 0) is 55.5 Å². The second-order valence-corrected chi connectivity index (χ2v) is 8.90. The van der Waals surface area contributed by atoms with Crippen molar-refractivity contribution in [3.63, 3.8) is 0 Å². The molecule has 1 aliphatic carbocycles. The summed E-state index contributed by atoms with van der Waals surface area (Å²) in [5, 5.41) is 3.77. The largest absolute Gasteiger partial charge is 0.359 e. The van der Waals surface area contributed by atoms with Gasteiger partial charge >= 0.3 is 0 Å². The van der Waals surface area contributed by atoms with E-state index < -0.39 is 0 Å². The number of amides is 1. The van der Waals surface area contributed by atoms with Crippen molar-refractivity contribution in [2.45, 2.75) is 25.7 Å². The van der Waals surface area contributed by atoms with Gasteiger partial charge in [0.15, 0.2) is 0 Å². The predicted molar refractivity (Wildman–Crippen MR) is 109 cm³/mol. The molecule has 1 aromatic heterocycles. The first-order chi connectivity index (χ1) is 12.6. The number of piperazine rings is 1. The van der Waals surface area contributed by atoms with Crippen LogP contribution in [0.25, 0.3) is 0 Å². The van der Waals surface area contributed by atoms with Gasteiger partial charge in [0, 0.05) is 9.90 Å². The minimum absolute atomic E-state index is 0.0207. The smallest absolute Gasteiger partial charge is 0.265 e. The van der Waals surface area contributed by atoms with Crippen molar-refractivity contribution in [1.82, 2.24) is 0 Å². The highest BCUT2D eigenvalue weighted by Gasteiger charge is 2.22. The average Bonchev–Trinajstić information content (AvgIpc) is 3.07. The van der Waals surface area contributed by atoms with Crippen molar-refractivity contribution in [3.05, 3.63) is 44.6 Å². The standard InChI is InChI=1S/C20H24ClN3OS/c1-23-8-10-24(11-9-23)17-7-6-15(21)13-16(17)22-20(25)19-12-14-4-2-3-5-18(14)26-19/h6-7,12-13H,2-5,8-11H2,1H3,(H,22,25)/p+1. The molecule has 0 spiro atoms. The molecule has 2 aromatic rings. The monoisotopic (exact) mass is 390 g/mol. The third kappa shape index (κ3) is 3.75. The predicted octanol–water partition coefficient (Wildman–Crippen LogP) is 2.87. The Morgan fingerprint density at radius 2 is 1.96 bits per heavy atom. The van der Waals surface area contributed by atoms with Gasteiger partial charge in [-0.25, -0.2) is 0 Å². The Hall–Kier alpha value is -1.56. The van der Waals surface area contributed by atoms with Crippen molar-refractivity contribution in [2.24, 2.45) is 0 Å². The molecule has 6 heteroatoms. The second kappa shape index (κ2) is 7.59. The fraction of sp³-hybridized carbons (Fsp3) is 0.450. The minimum atomic E-state index is -0.0207. The zero-order valence-corrected chi connectivity index (χ0v) is 16.7. The Kier molecular flexibility index (Phi) is 5.20. The van der Waals surface area contributed by atoms with Crippen LogP contribution < -0.4 is 15.1 Å². The van der Waals surface area contributed by atoms with Gasteiger partial charge in [0.05, 0.1) is 49.5 Å². The third-order valence-corrected chi connectivity index (χ3v) is 6.86. The zero-order chi connectivity index (χ0) is 18.1. The summed E-state index contributed by atoms with van der Waals surface area (Å²) in [5.74, 6) is -0.0207. The summed E-state index contributed by atoms with van der Waals surface area (Å²) < 4.78 is 0. The minimum Gasteiger partial charge on any atom is -0.359 e. The number of aryl methyl sites for hydroxylation is 2. The van der Waals surface area contributed by atoms with Crippen LogP contribution >= 0.6 is 22.9 Å². The molecule has 0 radical (unpaired) electrons. The van der Waals surface area contributed by atoms with Gasteiger partial charge in [0.1, 0.15) is 0 Å². The van der Waals surface area contributed by atoms with E-state index in [2.05, 4.69) is 23.3 Å². The number of fused-ring (bicyclic) bond motifs is 1. The maximum atomic E-state index is 12.9. The van der Waals surface area contributed by atoms with E-state index in [1.54, 1.807) is 16.2 Å². The van der Waals surface area contributed by atoms with E-state index in [1.165, 1.54) is 23.3 Å².